The summed E-state index contributed by atoms with van der Waals surface area (Å²) in [6.07, 6.45) is 2.88. The Morgan fingerprint density at radius 3 is 2.50 bits per heavy atom. The van der Waals surface area contributed by atoms with Gasteiger partial charge in [0.15, 0.2) is 0 Å². The van der Waals surface area contributed by atoms with E-state index in [9.17, 15) is 0 Å². The average Bonchev–Trinajstić information content (AvgIpc) is 1.91. The van der Waals surface area contributed by atoms with Gasteiger partial charge in [-0.2, -0.15) is 0 Å². The van der Waals surface area contributed by atoms with E-state index in [1.54, 1.807) is 0 Å². The molecule has 0 saturated carbocycles. The van der Waals surface area contributed by atoms with Gasteiger partial charge in [-0.3, -0.25) is 4.79 Å². The van der Waals surface area contributed by atoms with E-state index < -0.39 is 0 Å². The fraction of sp³-hybridized carbons (Fsp3) is 0.857. The summed E-state index contributed by atoms with van der Waals surface area (Å²) in [5.74, 6) is 0.814. The van der Waals surface area contributed by atoms with E-state index >= 15 is 0 Å². The van der Waals surface area contributed by atoms with E-state index in [4.69, 9.17) is 9.53 Å². The van der Waals surface area contributed by atoms with Gasteiger partial charge in [0.2, 0.25) is 6.41 Å². The number of nitrogens with two attached hydrogens (primary N) is 1. The number of carbonyl (C=O) groups is 1. The van der Waals surface area contributed by atoms with Crippen molar-refractivity contribution in [2.75, 3.05) is 13.2 Å². The maximum atomic E-state index is 8.58. The summed E-state index contributed by atoms with van der Waals surface area (Å²) in [6.45, 7) is 4.21. The van der Waals surface area contributed by atoms with Crippen molar-refractivity contribution in [1.82, 2.24) is 0 Å². The molecule has 0 radical (unpaired) electrons. The summed E-state index contributed by atoms with van der Waals surface area (Å²) in [5, 5.41) is 0. The second kappa shape index (κ2) is 6.55. The maximum Gasteiger partial charge on any atom is 0.204 e. The Labute approximate surface area is 61.5 Å². The van der Waals surface area contributed by atoms with Crippen molar-refractivity contribution in [3.8, 4) is 0 Å². The van der Waals surface area contributed by atoms with Crippen LogP contribution < -0.4 is 5.73 Å². The first kappa shape index (κ1) is 9.43. The van der Waals surface area contributed by atoms with Crippen LogP contribution in [0.2, 0.25) is 0 Å². The van der Waals surface area contributed by atoms with Gasteiger partial charge in [-0.1, -0.05) is 6.92 Å². The summed E-state index contributed by atoms with van der Waals surface area (Å²) >= 11 is 0. The van der Waals surface area contributed by atoms with Crippen LogP contribution >= 0.6 is 0 Å². The highest BCUT2D eigenvalue weighted by Gasteiger charge is 2.06. The van der Waals surface area contributed by atoms with Gasteiger partial charge < -0.3 is 10.5 Å². The Bertz CT molecular complexity index is 79.7. The molecule has 10 heavy (non-hydrogen) atoms. The summed E-state index contributed by atoms with van der Waals surface area (Å²) in [5.41, 5.74) is 4.17. The zero-order valence-corrected chi connectivity index (χ0v) is 6.38. The molecule has 1 aliphatic heterocycles. The van der Waals surface area contributed by atoms with Crippen LogP contribution in [0.3, 0.4) is 0 Å². The first-order valence-electron chi connectivity index (χ1n) is 3.54. The minimum atomic E-state index is 0.250. The molecule has 0 aromatic heterocycles. The minimum absolute atomic E-state index is 0.250. The molecule has 1 amide bonds. The third kappa shape index (κ3) is 5.56. The third-order valence-corrected chi connectivity index (χ3v) is 1.39. The summed E-state index contributed by atoms with van der Waals surface area (Å²) in [4.78, 5) is 8.58. The van der Waals surface area contributed by atoms with E-state index in [0.717, 1.165) is 19.1 Å². The summed E-state index contributed by atoms with van der Waals surface area (Å²) < 4.78 is 5.18. The van der Waals surface area contributed by atoms with Gasteiger partial charge in [-0.15, -0.1) is 0 Å². The van der Waals surface area contributed by atoms with E-state index in [0.29, 0.717) is 0 Å². The second-order valence-electron chi connectivity index (χ2n) is 2.46. The normalized spacial score (nSPS) is 24.3. The van der Waals surface area contributed by atoms with Crippen LogP contribution in [0.5, 0.6) is 0 Å². The lowest BCUT2D eigenvalue weighted by Gasteiger charge is -2.16. The van der Waals surface area contributed by atoms with E-state index in [1.165, 1.54) is 12.8 Å². The molecule has 1 atom stereocenters. The Morgan fingerprint density at radius 1 is 1.70 bits per heavy atom. The van der Waals surface area contributed by atoms with Crippen LogP contribution in [-0.4, -0.2) is 19.6 Å². The standard InChI is InChI=1S/C6H12O.CH3NO/c1-6-3-2-4-7-5-6;2-1-3/h6H,2-5H2,1H3;1H,(H2,2,3). The summed E-state index contributed by atoms with van der Waals surface area (Å²) in [7, 11) is 0. The number of hydrogen-bond acceptors (Lipinski definition) is 2. The zero-order chi connectivity index (χ0) is 7.82. The molecule has 1 heterocycles. The van der Waals surface area contributed by atoms with Crippen LogP contribution in [0.1, 0.15) is 19.8 Å². The molecule has 1 unspecified atom stereocenters. The maximum absolute atomic E-state index is 8.58. The number of carbonyl (C=O) groups excluding carboxylic acids is 1. The monoisotopic (exact) mass is 145 g/mol. The SMILES string of the molecule is CC1CCCOC1.NC=O. The number of amides is 1. The molecule has 1 fully saturated rings. The molecule has 0 spiro atoms. The lowest BCUT2D eigenvalue weighted by molar-refractivity contribution is -0.106. The summed E-state index contributed by atoms with van der Waals surface area (Å²) in [6, 6.07) is 0. The minimum Gasteiger partial charge on any atom is -0.381 e. The molecular formula is C7H15NO2. The molecular weight excluding hydrogens is 130 g/mol. The average molecular weight is 145 g/mol. The third-order valence-electron chi connectivity index (χ3n) is 1.39. The van der Waals surface area contributed by atoms with Gasteiger partial charge in [-0.25, -0.2) is 0 Å². The molecule has 0 bridgehead atoms. The molecule has 0 aromatic carbocycles. The van der Waals surface area contributed by atoms with Crippen molar-refractivity contribution < 1.29 is 9.53 Å². The Morgan fingerprint density at radius 2 is 2.30 bits per heavy atom. The highest BCUT2D eigenvalue weighted by Crippen LogP contribution is 2.10. The van der Waals surface area contributed by atoms with E-state index in [2.05, 4.69) is 12.7 Å². The molecule has 3 heteroatoms. The largest absolute Gasteiger partial charge is 0.381 e. The van der Waals surface area contributed by atoms with Crippen LogP contribution in [-0.2, 0) is 9.53 Å². The molecule has 1 aliphatic rings. The second-order valence-corrected chi connectivity index (χ2v) is 2.46. The fourth-order valence-corrected chi connectivity index (χ4v) is 0.902. The lowest BCUT2D eigenvalue weighted by atomic mass is 10.1. The van der Waals surface area contributed by atoms with Gasteiger partial charge in [0.25, 0.3) is 0 Å². The number of primary amides is 1. The number of ether oxygens (including phenoxy) is 1. The molecule has 2 N–H and O–H groups in total. The van der Waals surface area contributed by atoms with Crippen molar-refractivity contribution >= 4 is 6.41 Å². The lowest BCUT2D eigenvalue weighted by Crippen LogP contribution is -2.13. The topological polar surface area (TPSA) is 52.3 Å². The van der Waals surface area contributed by atoms with Crippen molar-refractivity contribution in [3.05, 3.63) is 0 Å². The Balaban J connectivity index is 0.000000236. The van der Waals surface area contributed by atoms with Gasteiger partial charge >= 0.3 is 0 Å². The van der Waals surface area contributed by atoms with Gasteiger partial charge in [-0.05, 0) is 18.8 Å². The van der Waals surface area contributed by atoms with Gasteiger partial charge in [0, 0.05) is 13.2 Å². The highest BCUT2D eigenvalue weighted by molar-refractivity contribution is 5.42. The first-order chi connectivity index (χ1) is 4.81. The van der Waals surface area contributed by atoms with Crippen molar-refractivity contribution in [3.63, 3.8) is 0 Å². The van der Waals surface area contributed by atoms with Crippen LogP contribution in [0.15, 0.2) is 0 Å². The molecule has 1 saturated heterocycles. The van der Waals surface area contributed by atoms with Crippen LogP contribution in [0, 0.1) is 5.92 Å². The first-order valence-corrected chi connectivity index (χ1v) is 3.54. The molecule has 3 nitrogen and oxygen atoms in total. The zero-order valence-electron chi connectivity index (χ0n) is 6.38. The van der Waals surface area contributed by atoms with Crippen molar-refractivity contribution in [2.24, 2.45) is 11.7 Å². The van der Waals surface area contributed by atoms with E-state index in [-0.39, 0.29) is 6.41 Å². The molecule has 0 aliphatic carbocycles. The van der Waals surface area contributed by atoms with Crippen LogP contribution in [0.4, 0.5) is 0 Å². The number of hydrogen-bond donors (Lipinski definition) is 1. The Hall–Kier alpha value is -0.570. The smallest absolute Gasteiger partial charge is 0.204 e. The van der Waals surface area contributed by atoms with E-state index in [1.807, 2.05) is 0 Å². The van der Waals surface area contributed by atoms with Gasteiger partial charge in [0.05, 0.1) is 0 Å². The molecule has 60 valence electrons. The van der Waals surface area contributed by atoms with Crippen molar-refractivity contribution in [1.29, 1.82) is 0 Å². The predicted octanol–water partition coefficient (Wildman–Crippen LogP) is 0.534. The van der Waals surface area contributed by atoms with Gasteiger partial charge in [0.1, 0.15) is 0 Å². The molecule has 1 rings (SSSR count). The predicted molar refractivity (Wildman–Crippen MR) is 39.5 cm³/mol. The Kier molecular flexibility index (Phi) is 6.18. The fourth-order valence-electron chi connectivity index (χ4n) is 0.902. The quantitative estimate of drug-likeness (QED) is 0.506. The molecule has 0 aromatic rings. The van der Waals surface area contributed by atoms with Crippen molar-refractivity contribution in [2.45, 2.75) is 19.8 Å². The highest BCUT2D eigenvalue weighted by atomic mass is 16.5. The van der Waals surface area contributed by atoms with Crippen LogP contribution in [0.25, 0.3) is 0 Å². The number of rotatable bonds is 0.